The molecular formula is C16H24O. The van der Waals surface area contributed by atoms with E-state index < -0.39 is 0 Å². The molecule has 2 unspecified atom stereocenters. The Bertz CT molecular complexity index is 325. The number of aliphatic hydroxyl groups excluding tert-OH is 1. The fourth-order valence-electron chi connectivity index (χ4n) is 3.02. The third-order valence-electron chi connectivity index (χ3n) is 4.44. The molecule has 1 heteroatoms. The summed E-state index contributed by atoms with van der Waals surface area (Å²) >= 11 is 0. The summed E-state index contributed by atoms with van der Waals surface area (Å²) in [6, 6.07) is 10.1. The van der Waals surface area contributed by atoms with Crippen LogP contribution in [0.2, 0.25) is 0 Å². The van der Waals surface area contributed by atoms with Crippen LogP contribution >= 0.6 is 0 Å². The van der Waals surface area contributed by atoms with E-state index >= 15 is 0 Å². The van der Waals surface area contributed by atoms with Crippen LogP contribution in [0.3, 0.4) is 0 Å². The van der Waals surface area contributed by atoms with Crippen molar-refractivity contribution in [3.8, 4) is 0 Å². The van der Waals surface area contributed by atoms with Gasteiger partial charge in [0, 0.05) is 0 Å². The topological polar surface area (TPSA) is 20.2 Å². The molecule has 1 aromatic rings. The highest BCUT2D eigenvalue weighted by atomic mass is 16.3. The highest BCUT2D eigenvalue weighted by molar-refractivity contribution is 5.18. The summed E-state index contributed by atoms with van der Waals surface area (Å²) in [7, 11) is 0. The summed E-state index contributed by atoms with van der Waals surface area (Å²) in [5, 5.41) is 10.4. The molecule has 0 bridgehead atoms. The van der Waals surface area contributed by atoms with Gasteiger partial charge >= 0.3 is 0 Å². The fourth-order valence-corrected chi connectivity index (χ4v) is 3.02. The Morgan fingerprint density at radius 1 is 1.06 bits per heavy atom. The monoisotopic (exact) mass is 232 g/mol. The number of hydrogen-bond acceptors (Lipinski definition) is 1. The van der Waals surface area contributed by atoms with Crippen LogP contribution in [0.1, 0.15) is 51.2 Å². The first kappa shape index (κ1) is 12.6. The summed E-state index contributed by atoms with van der Waals surface area (Å²) in [6.07, 6.45) is 4.93. The van der Waals surface area contributed by atoms with Crippen LogP contribution in [0.5, 0.6) is 0 Å². The van der Waals surface area contributed by atoms with E-state index in [4.69, 9.17) is 0 Å². The van der Waals surface area contributed by atoms with Crippen molar-refractivity contribution < 1.29 is 5.11 Å². The van der Waals surface area contributed by atoms with Gasteiger partial charge in [0.15, 0.2) is 0 Å². The first-order valence-corrected chi connectivity index (χ1v) is 6.91. The Labute approximate surface area is 105 Å². The predicted octanol–water partition coefficient (Wildman–Crippen LogP) is 4.18. The van der Waals surface area contributed by atoms with Crippen LogP contribution in [-0.2, 0) is 0 Å². The zero-order valence-corrected chi connectivity index (χ0v) is 11.0. The maximum Gasteiger partial charge on any atom is 0.0818 e. The van der Waals surface area contributed by atoms with Crippen molar-refractivity contribution in [2.45, 2.75) is 45.6 Å². The quantitative estimate of drug-likeness (QED) is 0.828. The standard InChI is InChI=1S/C16H24O/c1-12-8-10-14(11-9-12)13(2)16(17)15-6-4-3-5-7-15/h3-7,12-14,16-17H,8-11H2,1-2H3. The predicted molar refractivity (Wildman–Crippen MR) is 71.7 cm³/mol. The minimum absolute atomic E-state index is 0.297. The molecule has 0 aromatic heterocycles. The molecule has 94 valence electrons. The first-order chi connectivity index (χ1) is 8.18. The molecule has 0 amide bonds. The van der Waals surface area contributed by atoms with Crippen molar-refractivity contribution >= 4 is 0 Å². The second-order valence-electron chi connectivity index (χ2n) is 5.73. The van der Waals surface area contributed by atoms with Gasteiger partial charge in [-0.3, -0.25) is 0 Å². The van der Waals surface area contributed by atoms with Gasteiger partial charge < -0.3 is 5.11 Å². The van der Waals surface area contributed by atoms with Crippen molar-refractivity contribution in [3.05, 3.63) is 35.9 Å². The number of benzene rings is 1. The third kappa shape index (κ3) is 3.10. The van der Waals surface area contributed by atoms with Gasteiger partial charge in [0.05, 0.1) is 6.10 Å². The van der Waals surface area contributed by atoms with E-state index in [-0.39, 0.29) is 6.10 Å². The average Bonchev–Trinajstić information content (AvgIpc) is 2.39. The first-order valence-electron chi connectivity index (χ1n) is 6.91. The van der Waals surface area contributed by atoms with Crippen molar-refractivity contribution in [3.63, 3.8) is 0 Å². The molecule has 1 nitrogen and oxygen atoms in total. The number of hydrogen-bond donors (Lipinski definition) is 1. The summed E-state index contributed by atoms with van der Waals surface area (Å²) < 4.78 is 0. The van der Waals surface area contributed by atoms with E-state index in [2.05, 4.69) is 13.8 Å². The Morgan fingerprint density at radius 2 is 1.65 bits per heavy atom. The zero-order valence-electron chi connectivity index (χ0n) is 11.0. The smallest absolute Gasteiger partial charge is 0.0818 e. The van der Waals surface area contributed by atoms with Crippen molar-refractivity contribution in [1.82, 2.24) is 0 Å². The molecule has 0 saturated heterocycles. The lowest BCUT2D eigenvalue weighted by Crippen LogP contribution is -2.23. The number of rotatable bonds is 3. The third-order valence-corrected chi connectivity index (χ3v) is 4.44. The molecule has 2 rings (SSSR count). The van der Waals surface area contributed by atoms with Gasteiger partial charge in [0.25, 0.3) is 0 Å². The minimum Gasteiger partial charge on any atom is -0.388 e. The van der Waals surface area contributed by atoms with Gasteiger partial charge in [-0.2, -0.15) is 0 Å². The lowest BCUT2D eigenvalue weighted by molar-refractivity contribution is 0.0628. The normalized spacial score (nSPS) is 28.6. The molecule has 0 heterocycles. The largest absolute Gasteiger partial charge is 0.388 e. The van der Waals surface area contributed by atoms with Crippen LogP contribution in [0.15, 0.2) is 30.3 Å². The average molecular weight is 232 g/mol. The minimum atomic E-state index is -0.297. The van der Waals surface area contributed by atoms with Gasteiger partial charge in [-0.1, -0.05) is 57.0 Å². The molecule has 0 radical (unpaired) electrons. The van der Waals surface area contributed by atoms with E-state index in [0.29, 0.717) is 11.8 Å². The van der Waals surface area contributed by atoms with Crippen molar-refractivity contribution in [1.29, 1.82) is 0 Å². The Kier molecular flexibility index (Phi) is 4.22. The lowest BCUT2D eigenvalue weighted by Gasteiger charge is -2.33. The highest BCUT2D eigenvalue weighted by Gasteiger charge is 2.28. The van der Waals surface area contributed by atoms with Crippen LogP contribution in [-0.4, -0.2) is 5.11 Å². The highest BCUT2D eigenvalue weighted by Crippen LogP contribution is 2.38. The van der Waals surface area contributed by atoms with Crippen LogP contribution < -0.4 is 0 Å². The lowest BCUT2D eigenvalue weighted by atomic mass is 9.74. The van der Waals surface area contributed by atoms with E-state index in [1.165, 1.54) is 25.7 Å². The molecule has 1 aliphatic rings. The van der Waals surface area contributed by atoms with Crippen LogP contribution in [0.25, 0.3) is 0 Å². The Morgan fingerprint density at radius 3 is 2.24 bits per heavy atom. The van der Waals surface area contributed by atoms with E-state index in [1.807, 2.05) is 30.3 Å². The van der Waals surface area contributed by atoms with E-state index in [0.717, 1.165) is 11.5 Å². The van der Waals surface area contributed by atoms with Gasteiger partial charge in [-0.25, -0.2) is 0 Å². The molecule has 1 N–H and O–H groups in total. The molecule has 1 fully saturated rings. The summed E-state index contributed by atoms with van der Waals surface area (Å²) in [5.41, 5.74) is 1.07. The van der Waals surface area contributed by atoms with Gasteiger partial charge in [0.2, 0.25) is 0 Å². The van der Waals surface area contributed by atoms with E-state index in [9.17, 15) is 5.11 Å². The summed E-state index contributed by atoms with van der Waals surface area (Å²) in [4.78, 5) is 0. The van der Waals surface area contributed by atoms with Crippen molar-refractivity contribution in [2.24, 2.45) is 17.8 Å². The maximum atomic E-state index is 10.4. The molecule has 0 spiro atoms. The fraction of sp³-hybridized carbons (Fsp3) is 0.625. The zero-order chi connectivity index (χ0) is 12.3. The number of aliphatic hydroxyl groups is 1. The molecule has 2 atom stereocenters. The SMILES string of the molecule is CC1CCC(C(C)C(O)c2ccccc2)CC1. The Balaban J connectivity index is 1.98. The molecule has 1 aromatic carbocycles. The summed E-state index contributed by atoms with van der Waals surface area (Å²) in [5.74, 6) is 1.96. The Hall–Kier alpha value is -0.820. The van der Waals surface area contributed by atoms with Crippen LogP contribution in [0, 0.1) is 17.8 Å². The molecule has 1 aliphatic carbocycles. The second-order valence-corrected chi connectivity index (χ2v) is 5.73. The molecular weight excluding hydrogens is 208 g/mol. The molecule has 17 heavy (non-hydrogen) atoms. The van der Waals surface area contributed by atoms with E-state index in [1.54, 1.807) is 0 Å². The second kappa shape index (κ2) is 5.68. The van der Waals surface area contributed by atoms with Crippen molar-refractivity contribution in [2.75, 3.05) is 0 Å². The van der Waals surface area contributed by atoms with Gasteiger partial charge in [-0.05, 0) is 36.2 Å². The van der Waals surface area contributed by atoms with Gasteiger partial charge in [-0.15, -0.1) is 0 Å². The molecule has 1 saturated carbocycles. The maximum absolute atomic E-state index is 10.4. The molecule has 0 aliphatic heterocycles. The van der Waals surface area contributed by atoms with Gasteiger partial charge in [0.1, 0.15) is 0 Å². The van der Waals surface area contributed by atoms with Crippen LogP contribution in [0.4, 0.5) is 0 Å². The summed E-state index contributed by atoms with van der Waals surface area (Å²) in [6.45, 7) is 4.55.